The lowest BCUT2D eigenvalue weighted by Crippen LogP contribution is -2.49. The highest BCUT2D eigenvalue weighted by molar-refractivity contribution is 7.88. The van der Waals surface area contributed by atoms with Crippen LogP contribution in [0, 0.1) is 0 Å². The maximum Gasteiger partial charge on any atom is 0.318 e. The van der Waals surface area contributed by atoms with Gasteiger partial charge in [0.2, 0.25) is 10.0 Å². The van der Waals surface area contributed by atoms with Crippen molar-refractivity contribution < 1.29 is 23.1 Å². The molecule has 0 aromatic carbocycles. The van der Waals surface area contributed by atoms with Gasteiger partial charge >= 0.3 is 5.97 Å². The Bertz CT molecular complexity index is 432. The molecule has 1 unspecified atom stereocenters. The molecule has 1 heterocycles. The first kappa shape index (κ1) is 21.6. The van der Waals surface area contributed by atoms with E-state index in [1.165, 1.54) is 6.42 Å². The first-order valence-electron chi connectivity index (χ1n) is 7.33. The minimum absolute atomic E-state index is 0. The molecule has 0 radical (unpaired) electrons. The number of aliphatic carboxylic acids is 1. The molecule has 0 bridgehead atoms. The quantitative estimate of drug-likeness (QED) is 0.609. The molecule has 0 amide bonds. The van der Waals surface area contributed by atoms with Gasteiger partial charge in [-0.25, -0.2) is 8.42 Å². The summed E-state index contributed by atoms with van der Waals surface area (Å²) in [6.07, 6.45) is 4.21. The Morgan fingerprint density at radius 1 is 1.41 bits per heavy atom. The highest BCUT2D eigenvalue weighted by Crippen LogP contribution is 2.10. The van der Waals surface area contributed by atoms with Gasteiger partial charge in [0.05, 0.1) is 19.0 Å². The molecular formula is C13H27ClN2O5S. The third-order valence-corrected chi connectivity index (χ3v) is 4.70. The maximum atomic E-state index is 11.6. The van der Waals surface area contributed by atoms with E-state index in [0.717, 1.165) is 36.5 Å². The number of hydrogen-bond acceptors (Lipinski definition) is 5. The van der Waals surface area contributed by atoms with Crippen LogP contribution in [-0.4, -0.2) is 80.4 Å². The van der Waals surface area contributed by atoms with Gasteiger partial charge in [-0.1, -0.05) is 19.8 Å². The highest BCUT2D eigenvalue weighted by atomic mass is 35.5. The topological polar surface area (TPSA) is 87.2 Å². The zero-order chi connectivity index (χ0) is 15.9. The first-order chi connectivity index (χ1) is 9.82. The minimum atomic E-state index is -3.54. The average Bonchev–Trinajstić information content (AvgIpc) is 2.37. The van der Waals surface area contributed by atoms with Gasteiger partial charge < -0.3 is 9.84 Å². The summed E-state index contributed by atoms with van der Waals surface area (Å²) < 4.78 is 29.8. The maximum absolute atomic E-state index is 11.6. The van der Waals surface area contributed by atoms with Crippen molar-refractivity contribution in [3.05, 3.63) is 0 Å². The van der Waals surface area contributed by atoms with E-state index in [-0.39, 0.29) is 25.1 Å². The fraction of sp³-hybridized carbons (Fsp3) is 0.923. The molecule has 9 heteroatoms. The van der Waals surface area contributed by atoms with Gasteiger partial charge in [-0.3, -0.25) is 9.69 Å². The van der Waals surface area contributed by atoms with Crippen molar-refractivity contribution in [2.75, 3.05) is 45.6 Å². The first-order valence-corrected chi connectivity index (χ1v) is 9.18. The molecule has 0 saturated carbocycles. The van der Waals surface area contributed by atoms with Gasteiger partial charge in [-0.05, 0) is 13.0 Å². The number of carboxylic acid groups (broad SMARTS) is 1. The number of unbranched alkanes of at least 4 members (excludes halogenated alkanes) is 2. The molecule has 1 aliphatic heterocycles. The summed E-state index contributed by atoms with van der Waals surface area (Å²) in [7, 11) is -3.54. The Morgan fingerprint density at radius 3 is 2.64 bits per heavy atom. The second kappa shape index (κ2) is 10.4. The smallest absolute Gasteiger partial charge is 0.318 e. The summed E-state index contributed by atoms with van der Waals surface area (Å²) in [4.78, 5) is 13.0. The van der Waals surface area contributed by atoms with E-state index in [9.17, 15) is 13.2 Å². The number of morpholine rings is 1. The molecule has 22 heavy (non-hydrogen) atoms. The highest BCUT2D eigenvalue weighted by Gasteiger charge is 2.27. The van der Waals surface area contributed by atoms with Gasteiger partial charge in [0.15, 0.2) is 0 Å². The van der Waals surface area contributed by atoms with Gasteiger partial charge in [-0.2, -0.15) is 4.31 Å². The Morgan fingerprint density at radius 2 is 2.09 bits per heavy atom. The zero-order valence-corrected chi connectivity index (χ0v) is 14.9. The SMILES string of the molecule is CCCCCN1CCOC(CN(CC(=O)O)S(C)(=O)=O)C1.Cl. The lowest BCUT2D eigenvalue weighted by molar-refractivity contribution is -0.137. The van der Waals surface area contributed by atoms with Crippen LogP contribution in [0.3, 0.4) is 0 Å². The van der Waals surface area contributed by atoms with E-state index in [1.807, 2.05) is 0 Å². The largest absolute Gasteiger partial charge is 0.480 e. The van der Waals surface area contributed by atoms with Gasteiger partial charge in [0.25, 0.3) is 0 Å². The summed E-state index contributed by atoms with van der Waals surface area (Å²) in [5.41, 5.74) is 0. The van der Waals surface area contributed by atoms with Crippen molar-refractivity contribution in [1.29, 1.82) is 0 Å². The van der Waals surface area contributed by atoms with E-state index in [0.29, 0.717) is 13.2 Å². The van der Waals surface area contributed by atoms with E-state index in [1.54, 1.807) is 0 Å². The van der Waals surface area contributed by atoms with Gasteiger partial charge in [-0.15, -0.1) is 12.4 Å². The van der Waals surface area contributed by atoms with Crippen molar-refractivity contribution in [3.8, 4) is 0 Å². The number of hydrogen-bond donors (Lipinski definition) is 1. The molecule has 0 aromatic heterocycles. The van der Waals surface area contributed by atoms with Gasteiger partial charge in [0.1, 0.15) is 6.54 Å². The Kier molecular flexibility index (Phi) is 10.2. The molecule has 1 atom stereocenters. The van der Waals surface area contributed by atoms with Crippen LogP contribution < -0.4 is 0 Å². The molecule has 132 valence electrons. The second-order valence-electron chi connectivity index (χ2n) is 5.45. The average molecular weight is 359 g/mol. The minimum Gasteiger partial charge on any atom is -0.480 e. The number of ether oxygens (including phenoxy) is 1. The lowest BCUT2D eigenvalue weighted by Gasteiger charge is -2.34. The van der Waals surface area contributed by atoms with Crippen LogP contribution >= 0.6 is 12.4 Å². The standard InChI is InChI=1S/C13H26N2O5S.ClH/c1-3-4-5-6-14-7-8-20-12(9-14)10-15(11-13(16)17)21(2,18)19;/h12H,3-11H2,1-2H3,(H,16,17);1H. The molecule has 0 aromatic rings. The third-order valence-electron chi connectivity index (χ3n) is 3.49. The van der Waals surface area contributed by atoms with Crippen molar-refractivity contribution in [1.82, 2.24) is 9.21 Å². The number of nitrogens with zero attached hydrogens (tertiary/aromatic N) is 2. The number of rotatable bonds is 9. The van der Waals surface area contributed by atoms with Crippen LogP contribution in [0.15, 0.2) is 0 Å². The van der Waals surface area contributed by atoms with Crippen molar-refractivity contribution in [2.45, 2.75) is 32.3 Å². The van der Waals surface area contributed by atoms with Crippen molar-refractivity contribution in [3.63, 3.8) is 0 Å². The van der Waals surface area contributed by atoms with Crippen LogP contribution in [0.1, 0.15) is 26.2 Å². The molecule has 7 nitrogen and oxygen atoms in total. The number of halogens is 1. The molecular weight excluding hydrogens is 332 g/mol. The monoisotopic (exact) mass is 358 g/mol. The molecule has 1 fully saturated rings. The Labute approximate surface area is 139 Å². The van der Waals surface area contributed by atoms with E-state index < -0.39 is 22.5 Å². The molecule has 1 rings (SSSR count). The summed E-state index contributed by atoms with van der Waals surface area (Å²) in [5.74, 6) is -1.16. The summed E-state index contributed by atoms with van der Waals surface area (Å²) in [6.45, 7) is 4.75. The molecule has 1 N–H and O–H groups in total. The Balaban J connectivity index is 0.00000441. The fourth-order valence-corrected chi connectivity index (χ4v) is 3.16. The summed E-state index contributed by atoms with van der Waals surface area (Å²) in [5, 5.41) is 8.81. The van der Waals surface area contributed by atoms with E-state index in [4.69, 9.17) is 9.84 Å². The van der Waals surface area contributed by atoms with Crippen LogP contribution in [0.5, 0.6) is 0 Å². The zero-order valence-electron chi connectivity index (χ0n) is 13.2. The van der Waals surface area contributed by atoms with E-state index >= 15 is 0 Å². The number of sulfonamides is 1. The fourth-order valence-electron chi connectivity index (χ4n) is 2.37. The molecule has 1 aliphatic rings. The molecule has 0 aliphatic carbocycles. The van der Waals surface area contributed by atoms with Crippen LogP contribution in [0.25, 0.3) is 0 Å². The van der Waals surface area contributed by atoms with Crippen LogP contribution in [0.4, 0.5) is 0 Å². The van der Waals surface area contributed by atoms with Gasteiger partial charge in [0, 0.05) is 19.6 Å². The second-order valence-corrected chi connectivity index (χ2v) is 7.43. The van der Waals surface area contributed by atoms with Crippen LogP contribution in [-0.2, 0) is 19.6 Å². The van der Waals surface area contributed by atoms with E-state index in [2.05, 4.69) is 11.8 Å². The lowest BCUT2D eigenvalue weighted by atomic mass is 10.2. The predicted octanol–water partition coefficient (Wildman–Crippen LogP) is 0.645. The van der Waals surface area contributed by atoms with Crippen molar-refractivity contribution >= 4 is 28.4 Å². The molecule has 0 spiro atoms. The number of carbonyl (C=O) groups is 1. The molecule has 1 saturated heterocycles. The number of carboxylic acids is 1. The Hall–Kier alpha value is -0.410. The summed E-state index contributed by atoms with van der Waals surface area (Å²) in [6, 6.07) is 0. The predicted molar refractivity (Wildman–Crippen MR) is 87.0 cm³/mol. The van der Waals surface area contributed by atoms with Crippen molar-refractivity contribution in [2.24, 2.45) is 0 Å². The third kappa shape index (κ3) is 8.28. The summed E-state index contributed by atoms with van der Waals surface area (Å²) >= 11 is 0. The normalized spacial score (nSPS) is 19.9. The van der Waals surface area contributed by atoms with Crippen LogP contribution in [0.2, 0.25) is 0 Å².